The van der Waals surface area contributed by atoms with E-state index in [0.29, 0.717) is 17.1 Å². The molecule has 9 heteroatoms. The van der Waals surface area contributed by atoms with Gasteiger partial charge in [0.25, 0.3) is 0 Å². The molecule has 0 aliphatic heterocycles. The maximum atomic E-state index is 12.6. The molecule has 1 aromatic heterocycles. The van der Waals surface area contributed by atoms with Gasteiger partial charge in [-0.25, -0.2) is 4.98 Å². The van der Waals surface area contributed by atoms with Crippen molar-refractivity contribution < 1.29 is 23.0 Å². The van der Waals surface area contributed by atoms with Crippen LogP contribution in [0, 0.1) is 0 Å². The number of hydrogen-bond donors (Lipinski definition) is 3. The summed E-state index contributed by atoms with van der Waals surface area (Å²) >= 11 is 0. The Labute approximate surface area is 190 Å². The van der Waals surface area contributed by atoms with Crippen molar-refractivity contribution >= 4 is 17.5 Å². The first-order valence-corrected chi connectivity index (χ1v) is 10.4. The highest BCUT2D eigenvalue weighted by atomic mass is 19.4. The third kappa shape index (κ3) is 7.08. The molecule has 33 heavy (non-hydrogen) atoms. The Hall–Kier alpha value is -3.33. The molecule has 1 heterocycles. The van der Waals surface area contributed by atoms with Crippen molar-refractivity contribution in [3.63, 3.8) is 0 Å². The van der Waals surface area contributed by atoms with E-state index in [1.807, 2.05) is 24.3 Å². The molecule has 0 spiro atoms. The molecular weight excluding hydrogens is 433 g/mol. The predicted molar refractivity (Wildman–Crippen MR) is 123 cm³/mol. The van der Waals surface area contributed by atoms with Crippen LogP contribution in [0.25, 0.3) is 11.3 Å². The number of ether oxygens (including phenoxy) is 1. The maximum absolute atomic E-state index is 12.6. The smallest absolute Gasteiger partial charge is 0.406 e. The SMILES string of the molecule is C[C@@H](CO)Nc1nc(Nc2ccc(C(C)(C)C)cc2)cc(-c2cccc(OC(F)(F)F)c2)n1. The molecule has 0 saturated heterocycles. The van der Waals surface area contributed by atoms with Crippen LogP contribution in [-0.4, -0.2) is 34.1 Å². The zero-order valence-electron chi connectivity index (χ0n) is 18.9. The summed E-state index contributed by atoms with van der Waals surface area (Å²) in [4.78, 5) is 8.85. The van der Waals surface area contributed by atoms with Crippen molar-refractivity contribution in [3.05, 3.63) is 60.2 Å². The fourth-order valence-corrected chi connectivity index (χ4v) is 3.04. The first-order valence-electron chi connectivity index (χ1n) is 10.4. The molecule has 1 atom stereocenters. The van der Waals surface area contributed by atoms with E-state index < -0.39 is 6.36 Å². The number of aliphatic hydroxyl groups is 1. The standard InChI is InChI=1S/C24H27F3N4O2/c1-15(14-32)28-22-30-20(16-6-5-7-19(12-16)33-24(25,26)27)13-21(31-22)29-18-10-8-17(9-11-18)23(2,3)4/h5-13,15,32H,14H2,1-4H3,(H2,28,29,30,31)/t15-/m0/s1. The topological polar surface area (TPSA) is 79.3 Å². The van der Waals surface area contributed by atoms with E-state index in [0.717, 1.165) is 5.69 Å². The molecule has 0 saturated carbocycles. The minimum atomic E-state index is -4.79. The van der Waals surface area contributed by atoms with Gasteiger partial charge in [-0.2, -0.15) is 4.98 Å². The van der Waals surface area contributed by atoms with Crippen LogP contribution in [0.1, 0.15) is 33.3 Å². The molecule has 0 aliphatic rings. The van der Waals surface area contributed by atoms with E-state index in [9.17, 15) is 18.3 Å². The molecule has 0 aliphatic carbocycles. The van der Waals surface area contributed by atoms with E-state index in [1.165, 1.54) is 23.8 Å². The summed E-state index contributed by atoms with van der Waals surface area (Å²) in [6, 6.07) is 14.8. The fraction of sp³-hybridized carbons (Fsp3) is 0.333. The van der Waals surface area contributed by atoms with Crippen molar-refractivity contribution in [2.45, 2.75) is 45.5 Å². The normalized spacial score (nSPS) is 12.8. The van der Waals surface area contributed by atoms with Crippen molar-refractivity contribution in [2.75, 3.05) is 17.2 Å². The zero-order chi connectivity index (χ0) is 24.2. The monoisotopic (exact) mass is 460 g/mol. The number of halogens is 3. The highest BCUT2D eigenvalue weighted by molar-refractivity contribution is 5.68. The first-order chi connectivity index (χ1) is 15.4. The zero-order valence-corrected chi connectivity index (χ0v) is 18.9. The summed E-state index contributed by atoms with van der Waals surface area (Å²) in [5, 5.41) is 15.6. The molecule has 0 fully saturated rings. The molecule has 3 aromatic rings. The Bertz CT molecular complexity index is 1080. The van der Waals surface area contributed by atoms with Gasteiger partial charge >= 0.3 is 6.36 Å². The first kappa shape index (κ1) is 24.3. The van der Waals surface area contributed by atoms with Crippen LogP contribution < -0.4 is 15.4 Å². The fourth-order valence-electron chi connectivity index (χ4n) is 3.04. The molecule has 6 nitrogen and oxygen atoms in total. The summed E-state index contributed by atoms with van der Waals surface area (Å²) in [6.45, 7) is 8.00. The Morgan fingerprint density at radius 2 is 1.70 bits per heavy atom. The third-order valence-corrected chi connectivity index (χ3v) is 4.76. The second-order valence-electron chi connectivity index (χ2n) is 8.72. The van der Waals surface area contributed by atoms with Crippen LogP contribution in [0.5, 0.6) is 5.75 Å². The van der Waals surface area contributed by atoms with Gasteiger partial charge in [0, 0.05) is 23.4 Å². The maximum Gasteiger partial charge on any atom is 0.573 e. The lowest BCUT2D eigenvalue weighted by Gasteiger charge is -2.19. The molecule has 0 radical (unpaired) electrons. The number of alkyl halides is 3. The number of anilines is 3. The van der Waals surface area contributed by atoms with Gasteiger partial charge in [0.2, 0.25) is 5.95 Å². The van der Waals surface area contributed by atoms with E-state index in [4.69, 9.17) is 0 Å². The Morgan fingerprint density at radius 1 is 1.00 bits per heavy atom. The third-order valence-electron chi connectivity index (χ3n) is 4.76. The predicted octanol–water partition coefficient (Wildman–Crippen LogP) is 5.88. The summed E-state index contributed by atoms with van der Waals surface area (Å²) < 4.78 is 41.9. The van der Waals surface area contributed by atoms with Gasteiger partial charge in [-0.05, 0) is 42.2 Å². The van der Waals surface area contributed by atoms with Crippen molar-refractivity contribution in [3.8, 4) is 17.0 Å². The Morgan fingerprint density at radius 3 is 2.30 bits per heavy atom. The molecule has 176 valence electrons. The number of hydrogen-bond acceptors (Lipinski definition) is 6. The van der Waals surface area contributed by atoms with Crippen molar-refractivity contribution in [1.82, 2.24) is 9.97 Å². The number of aliphatic hydroxyl groups excluding tert-OH is 1. The molecular formula is C24H27F3N4O2. The van der Waals surface area contributed by atoms with Gasteiger partial charge < -0.3 is 20.5 Å². The minimum absolute atomic E-state index is 0.0155. The lowest BCUT2D eigenvalue weighted by molar-refractivity contribution is -0.274. The van der Waals surface area contributed by atoms with Gasteiger partial charge in [-0.1, -0.05) is 45.0 Å². The molecule has 0 unspecified atom stereocenters. The van der Waals surface area contributed by atoms with Crippen LogP contribution in [-0.2, 0) is 5.41 Å². The summed E-state index contributed by atoms with van der Waals surface area (Å²) in [5.74, 6) is 0.326. The lowest BCUT2D eigenvalue weighted by atomic mass is 9.87. The quantitative estimate of drug-likeness (QED) is 0.409. The van der Waals surface area contributed by atoms with Gasteiger partial charge in [0.1, 0.15) is 11.6 Å². The van der Waals surface area contributed by atoms with Crippen LogP contribution in [0.4, 0.5) is 30.6 Å². The molecule has 0 amide bonds. The van der Waals surface area contributed by atoms with Crippen LogP contribution in [0.3, 0.4) is 0 Å². The second kappa shape index (κ2) is 9.66. The molecule has 0 bridgehead atoms. The number of rotatable bonds is 7. The second-order valence-corrected chi connectivity index (χ2v) is 8.72. The Balaban J connectivity index is 1.95. The summed E-state index contributed by atoms with van der Waals surface area (Å²) in [5.41, 5.74) is 2.80. The van der Waals surface area contributed by atoms with E-state index >= 15 is 0 Å². The van der Waals surface area contributed by atoms with Crippen LogP contribution >= 0.6 is 0 Å². The highest BCUT2D eigenvalue weighted by Crippen LogP contribution is 2.30. The average Bonchev–Trinajstić information content (AvgIpc) is 2.72. The van der Waals surface area contributed by atoms with Crippen LogP contribution in [0.2, 0.25) is 0 Å². The molecule has 3 rings (SSSR count). The minimum Gasteiger partial charge on any atom is -0.406 e. The number of nitrogens with one attached hydrogen (secondary N) is 2. The average molecular weight is 461 g/mol. The molecule has 2 aromatic carbocycles. The Kier molecular flexibility index (Phi) is 7.12. The van der Waals surface area contributed by atoms with Crippen molar-refractivity contribution in [1.29, 1.82) is 0 Å². The summed E-state index contributed by atoms with van der Waals surface area (Å²) in [6.07, 6.45) is -4.79. The summed E-state index contributed by atoms with van der Waals surface area (Å²) in [7, 11) is 0. The van der Waals surface area contributed by atoms with Crippen molar-refractivity contribution in [2.24, 2.45) is 0 Å². The molecule has 3 N–H and O–H groups in total. The van der Waals surface area contributed by atoms with E-state index in [2.05, 4.69) is 46.1 Å². The number of aromatic nitrogens is 2. The van der Waals surface area contributed by atoms with Gasteiger partial charge in [0.05, 0.1) is 12.3 Å². The van der Waals surface area contributed by atoms with E-state index in [1.54, 1.807) is 19.1 Å². The number of nitrogens with zero attached hydrogens (tertiary/aromatic N) is 2. The van der Waals surface area contributed by atoms with E-state index in [-0.39, 0.29) is 29.8 Å². The van der Waals surface area contributed by atoms with Gasteiger partial charge in [0.15, 0.2) is 0 Å². The van der Waals surface area contributed by atoms with Gasteiger partial charge in [-0.15, -0.1) is 13.2 Å². The largest absolute Gasteiger partial charge is 0.573 e. The lowest BCUT2D eigenvalue weighted by Crippen LogP contribution is -2.21. The highest BCUT2D eigenvalue weighted by Gasteiger charge is 2.31. The van der Waals surface area contributed by atoms with Gasteiger partial charge in [-0.3, -0.25) is 0 Å². The van der Waals surface area contributed by atoms with Crippen LogP contribution in [0.15, 0.2) is 54.6 Å². The number of benzene rings is 2.